The first-order valence-electron chi connectivity index (χ1n) is 7.89. The van der Waals surface area contributed by atoms with Gasteiger partial charge in [-0.05, 0) is 12.8 Å². The van der Waals surface area contributed by atoms with Gasteiger partial charge in [0.05, 0.1) is 0 Å². The molecule has 0 aliphatic rings. The van der Waals surface area contributed by atoms with Gasteiger partial charge in [-0.3, -0.25) is 9.59 Å². The molecule has 0 rings (SSSR count). The van der Waals surface area contributed by atoms with Gasteiger partial charge in [0.25, 0.3) is 0 Å². The van der Waals surface area contributed by atoms with Crippen LogP contribution in [-0.2, 0) is 9.59 Å². The number of rotatable bonds is 13. The molecule has 0 aliphatic carbocycles. The third kappa shape index (κ3) is 9.69. The highest BCUT2D eigenvalue weighted by molar-refractivity contribution is 5.98. The van der Waals surface area contributed by atoms with Crippen molar-refractivity contribution in [3.63, 3.8) is 0 Å². The summed E-state index contributed by atoms with van der Waals surface area (Å²) < 4.78 is 0. The summed E-state index contributed by atoms with van der Waals surface area (Å²) in [7, 11) is 0. The average molecular weight is 270 g/mol. The SMILES string of the molecule is CCCCCCCCCCC(=O)C(CCC)C(=O)O. The monoisotopic (exact) mass is 270 g/mol. The molecule has 0 fully saturated rings. The molecule has 0 saturated carbocycles. The van der Waals surface area contributed by atoms with Crippen molar-refractivity contribution in [1.82, 2.24) is 0 Å². The number of carbonyl (C=O) groups is 2. The van der Waals surface area contributed by atoms with Gasteiger partial charge >= 0.3 is 5.97 Å². The number of Topliss-reactive ketones (excluding diaryl/α,β-unsaturated/α-hetero) is 1. The molecule has 0 saturated heterocycles. The number of aliphatic carboxylic acids is 1. The van der Waals surface area contributed by atoms with E-state index >= 15 is 0 Å². The van der Waals surface area contributed by atoms with Crippen molar-refractivity contribution < 1.29 is 14.7 Å². The summed E-state index contributed by atoms with van der Waals surface area (Å²) >= 11 is 0. The van der Waals surface area contributed by atoms with E-state index in [0.29, 0.717) is 12.8 Å². The second kappa shape index (κ2) is 12.2. The first kappa shape index (κ1) is 18.1. The fraction of sp³-hybridized carbons (Fsp3) is 0.875. The van der Waals surface area contributed by atoms with Gasteiger partial charge in [0, 0.05) is 6.42 Å². The number of carboxylic acids is 1. The summed E-state index contributed by atoms with van der Waals surface area (Å²) in [6.45, 7) is 4.13. The van der Waals surface area contributed by atoms with Crippen LogP contribution in [0.1, 0.15) is 84.5 Å². The van der Waals surface area contributed by atoms with E-state index < -0.39 is 11.9 Å². The van der Waals surface area contributed by atoms with Crippen LogP contribution < -0.4 is 0 Å². The zero-order chi connectivity index (χ0) is 14.5. The van der Waals surface area contributed by atoms with E-state index in [0.717, 1.165) is 19.3 Å². The minimum atomic E-state index is -0.952. The number of unbranched alkanes of at least 4 members (excludes halogenated alkanes) is 7. The Morgan fingerprint density at radius 3 is 1.84 bits per heavy atom. The number of carboxylic acid groups (broad SMARTS) is 1. The minimum absolute atomic E-state index is 0.0830. The quantitative estimate of drug-likeness (QED) is 0.393. The highest BCUT2D eigenvalue weighted by Crippen LogP contribution is 2.14. The molecular weight excluding hydrogens is 240 g/mol. The highest BCUT2D eigenvalue weighted by Gasteiger charge is 2.23. The van der Waals surface area contributed by atoms with Crippen LogP contribution in [0.4, 0.5) is 0 Å². The van der Waals surface area contributed by atoms with Crippen LogP contribution >= 0.6 is 0 Å². The van der Waals surface area contributed by atoms with Crippen LogP contribution in [0.5, 0.6) is 0 Å². The van der Waals surface area contributed by atoms with E-state index in [4.69, 9.17) is 5.11 Å². The average Bonchev–Trinajstić information content (AvgIpc) is 2.38. The highest BCUT2D eigenvalue weighted by atomic mass is 16.4. The zero-order valence-electron chi connectivity index (χ0n) is 12.6. The van der Waals surface area contributed by atoms with Gasteiger partial charge in [0.2, 0.25) is 0 Å². The lowest BCUT2D eigenvalue weighted by molar-refractivity contribution is -0.146. The summed E-state index contributed by atoms with van der Waals surface area (Å²) in [5.74, 6) is -1.80. The third-order valence-electron chi connectivity index (χ3n) is 3.54. The van der Waals surface area contributed by atoms with Gasteiger partial charge in [-0.25, -0.2) is 0 Å². The van der Waals surface area contributed by atoms with Crippen LogP contribution in [0.2, 0.25) is 0 Å². The molecule has 0 radical (unpaired) electrons. The van der Waals surface area contributed by atoms with Crippen molar-refractivity contribution in [3.05, 3.63) is 0 Å². The minimum Gasteiger partial charge on any atom is -0.481 e. The van der Waals surface area contributed by atoms with Crippen LogP contribution in [0.15, 0.2) is 0 Å². The van der Waals surface area contributed by atoms with E-state index in [1.165, 1.54) is 38.5 Å². The van der Waals surface area contributed by atoms with Gasteiger partial charge in [-0.2, -0.15) is 0 Å². The molecule has 0 aromatic rings. The molecule has 0 amide bonds. The smallest absolute Gasteiger partial charge is 0.314 e. The van der Waals surface area contributed by atoms with E-state index in [1.54, 1.807) is 0 Å². The Bertz CT molecular complexity index is 248. The zero-order valence-corrected chi connectivity index (χ0v) is 12.6. The molecular formula is C16H30O3. The molecule has 0 heterocycles. The maximum absolute atomic E-state index is 11.8. The number of hydrogen-bond acceptors (Lipinski definition) is 2. The topological polar surface area (TPSA) is 54.4 Å². The summed E-state index contributed by atoms with van der Waals surface area (Å²) in [6.07, 6.45) is 11.2. The lowest BCUT2D eigenvalue weighted by Gasteiger charge is -2.09. The van der Waals surface area contributed by atoms with Crippen molar-refractivity contribution in [1.29, 1.82) is 0 Å². The standard InChI is InChI=1S/C16H30O3/c1-3-5-6-7-8-9-10-11-13-15(17)14(12-4-2)16(18)19/h14H,3-13H2,1-2H3,(H,18,19). The molecule has 1 N–H and O–H groups in total. The number of carbonyl (C=O) groups excluding carboxylic acids is 1. The van der Waals surface area contributed by atoms with Gasteiger partial charge in [-0.15, -0.1) is 0 Å². The van der Waals surface area contributed by atoms with Crippen LogP contribution in [-0.4, -0.2) is 16.9 Å². The van der Waals surface area contributed by atoms with Crippen molar-refractivity contribution in [2.24, 2.45) is 5.92 Å². The van der Waals surface area contributed by atoms with Crippen LogP contribution in [0.3, 0.4) is 0 Å². The predicted molar refractivity (Wildman–Crippen MR) is 78.3 cm³/mol. The molecule has 1 atom stereocenters. The Hall–Kier alpha value is -0.860. The lowest BCUT2D eigenvalue weighted by atomic mass is 9.94. The maximum atomic E-state index is 11.8. The molecule has 3 heteroatoms. The molecule has 0 aromatic heterocycles. The summed E-state index contributed by atoms with van der Waals surface area (Å²) in [4.78, 5) is 22.7. The van der Waals surface area contributed by atoms with E-state index in [1.807, 2.05) is 6.92 Å². The third-order valence-corrected chi connectivity index (χ3v) is 3.54. The van der Waals surface area contributed by atoms with Crippen molar-refractivity contribution in [2.45, 2.75) is 84.5 Å². The fourth-order valence-corrected chi connectivity index (χ4v) is 2.32. The van der Waals surface area contributed by atoms with E-state index in [2.05, 4.69) is 6.92 Å². The predicted octanol–water partition coefficient (Wildman–Crippen LogP) is 4.59. The normalized spacial score (nSPS) is 12.3. The second-order valence-corrected chi connectivity index (χ2v) is 5.37. The molecule has 0 aromatic carbocycles. The van der Waals surface area contributed by atoms with Crippen LogP contribution in [0.25, 0.3) is 0 Å². The Balaban J connectivity index is 3.58. The van der Waals surface area contributed by atoms with Gasteiger partial charge < -0.3 is 5.11 Å². The van der Waals surface area contributed by atoms with Crippen molar-refractivity contribution in [2.75, 3.05) is 0 Å². The largest absolute Gasteiger partial charge is 0.481 e. The summed E-state index contributed by atoms with van der Waals surface area (Å²) in [5, 5.41) is 8.98. The molecule has 0 bridgehead atoms. The van der Waals surface area contributed by atoms with Gasteiger partial charge in [-0.1, -0.05) is 65.2 Å². The Morgan fingerprint density at radius 1 is 0.842 bits per heavy atom. The Labute approximate surface area is 117 Å². The molecule has 19 heavy (non-hydrogen) atoms. The molecule has 3 nitrogen and oxygen atoms in total. The molecule has 0 aliphatic heterocycles. The Kier molecular flexibility index (Phi) is 11.6. The Morgan fingerprint density at radius 2 is 1.37 bits per heavy atom. The molecule has 112 valence electrons. The molecule has 1 unspecified atom stereocenters. The van der Waals surface area contributed by atoms with Crippen molar-refractivity contribution in [3.8, 4) is 0 Å². The maximum Gasteiger partial charge on any atom is 0.314 e. The van der Waals surface area contributed by atoms with Gasteiger partial charge in [0.15, 0.2) is 0 Å². The summed E-state index contributed by atoms with van der Waals surface area (Å²) in [6, 6.07) is 0. The van der Waals surface area contributed by atoms with Crippen LogP contribution in [0, 0.1) is 5.92 Å². The number of hydrogen-bond donors (Lipinski definition) is 1. The second-order valence-electron chi connectivity index (χ2n) is 5.37. The molecule has 0 spiro atoms. The van der Waals surface area contributed by atoms with E-state index in [-0.39, 0.29) is 5.78 Å². The summed E-state index contributed by atoms with van der Waals surface area (Å²) in [5.41, 5.74) is 0. The van der Waals surface area contributed by atoms with Crippen molar-refractivity contribution >= 4 is 11.8 Å². The first-order chi connectivity index (χ1) is 9.13. The van der Waals surface area contributed by atoms with Gasteiger partial charge in [0.1, 0.15) is 11.7 Å². The van der Waals surface area contributed by atoms with E-state index in [9.17, 15) is 9.59 Å². The number of ketones is 1. The lowest BCUT2D eigenvalue weighted by Crippen LogP contribution is -2.23. The first-order valence-corrected chi connectivity index (χ1v) is 7.89. The fourth-order valence-electron chi connectivity index (χ4n) is 2.32.